The summed E-state index contributed by atoms with van der Waals surface area (Å²) >= 11 is 3.34. The Morgan fingerprint density at radius 3 is 2.86 bits per heavy atom. The smallest absolute Gasteiger partial charge is 0.254 e. The predicted octanol–water partition coefficient (Wildman–Crippen LogP) is 3.67. The molecule has 2 aromatic rings. The van der Waals surface area contributed by atoms with Crippen molar-refractivity contribution in [1.82, 2.24) is 5.32 Å². The van der Waals surface area contributed by atoms with E-state index in [1.165, 1.54) is 6.07 Å². The maximum atomic E-state index is 13.6. The first-order valence-corrected chi connectivity index (χ1v) is 7.53. The van der Waals surface area contributed by atoms with E-state index in [0.717, 1.165) is 5.56 Å². The van der Waals surface area contributed by atoms with Gasteiger partial charge in [-0.1, -0.05) is 46.3 Å². The van der Waals surface area contributed by atoms with Gasteiger partial charge in [0.1, 0.15) is 18.5 Å². The van der Waals surface area contributed by atoms with Crippen LogP contribution in [-0.2, 0) is 0 Å². The third-order valence-electron chi connectivity index (χ3n) is 3.73. The molecule has 0 radical (unpaired) electrons. The molecule has 0 aromatic heterocycles. The molecule has 0 saturated carbocycles. The number of fused-ring (bicyclic) bond motifs is 1. The first kappa shape index (κ1) is 11.7. The van der Waals surface area contributed by atoms with Crippen molar-refractivity contribution in [3.8, 4) is 5.75 Å². The number of benzene rings is 2. The normalized spacial score (nSPS) is 22.0. The van der Waals surface area contributed by atoms with Crippen LogP contribution in [0.5, 0.6) is 5.75 Å². The summed E-state index contributed by atoms with van der Waals surface area (Å²) in [5.41, 5.74) is 1.58. The second-order valence-electron chi connectivity index (χ2n) is 5.02. The maximum absolute atomic E-state index is 13.6. The Labute approximate surface area is 140 Å². The zero-order valence-electron chi connectivity index (χ0n) is 14.5. The van der Waals surface area contributed by atoms with Crippen LogP contribution in [0.4, 0.5) is 4.39 Å². The lowest BCUT2D eigenvalue weighted by molar-refractivity contribution is 0.0955. The minimum absolute atomic E-state index is 0.0670. The van der Waals surface area contributed by atoms with E-state index in [9.17, 15) is 9.18 Å². The van der Waals surface area contributed by atoms with Gasteiger partial charge in [-0.15, -0.1) is 0 Å². The topological polar surface area (TPSA) is 38.3 Å². The summed E-state index contributed by atoms with van der Waals surface area (Å²) in [6, 6.07) is 12.5. The molecule has 0 saturated heterocycles. The highest BCUT2D eigenvalue weighted by Crippen LogP contribution is 2.45. The lowest BCUT2D eigenvalue weighted by Crippen LogP contribution is -2.22. The Bertz CT molecular complexity index is 798. The van der Waals surface area contributed by atoms with E-state index < -0.39 is 25.7 Å². The molecular weight excluding hydrogens is 349 g/mol. The van der Waals surface area contributed by atoms with Gasteiger partial charge < -0.3 is 10.1 Å². The largest absolute Gasteiger partial charge is 0.486 e. The molecule has 5 heteroatoms. The number of rotatable bonds is 3. The summed E-state index contributed by atoms with van der Waals surface area (Å²) in [4.78, 5) is 12.3. The molecule has 22 heavy (non-hydrogen) atoms. The quantitative estimate of drug-likeness (QED) is 0.899. The minimum atomic E-state index is -2.62. The van der Waals surface area contributed by atoms with E-state index in [0.29, 0.717) is 10.0 Å². The predicted molar refractivity (Wildman–Crippen MR) is 86.2 cm³/mol. The Kier molecular flexibility index (Phi) is 3.22. The van der Waals surface area contributed by atoms with Gasteiger partial charge in [0, 0.05) is 21.1 Å². The Morgan fingerprint density at radius 1 is 1.41 bits per heavy atom. The van der Waals surface area contributed by atoms with Gasteiger partial charge in [0.15, 0.2) is 0 Å². The van der Waals surface area contributed by atoms with Crippen LogP contribution < -0.4 is 10.1 Å². The minimum Gasteiger partial charge on any atom is -0.486 e. The van der Waals surface area contributed by atoms with Crippen molar-refractivity contribution in [2.24, 2.45) is 0 Å². The molecule has 0 aliphatic carbocycles. The molecule has 114 valence electrons. The molecule has 1 aliphatic rings. The van der Waals surface area contributed by atoms with E-state index in [4.69, 9.17) is 8.85 Å². The monoisotopic (exact) mass is 366 g/mol. The Hall–Kier alpha value is -1.88. The van der Waals surface area contributed by atoms with Crippen LogP contribution in [0.2, 0.25) is 0 Å². The highest BCUT2D eigenvalue weighted by Gasteiger charge is 2.38. The van der Waals surface area contributed by atoms with Crippen LogP contribution in [0.15, 0.2) is 46.9 Å². The van der Waals surface area contributed by atoms with Crippen molar-refractivity contribution >= 4 is 21.8 Å². The Balaban J connectivity index is 2.09. The van der Waals surface area contributed by atoms with E-state index in [-0.39, 0.29) is 17.2 Å². The standard InChI is InChI=1S/C17H15BrFNO2/c1-20-17(21)13-8-11(18)7-12-15(10-5-3-2-4-6-10)14(9-19)22-16(12)13/h2-8,14-15H,9H2,1H3,(H,20,21)/t14-,15+/m1/s1/i1D3. The molecular formula is C17H15BrFNO2. The van der Waals surface area contributed by atoms with Gasteiger partial charge in [-0.3, -0.25) is 4.79 Å². The lowest BCUT2D eigenvalue weighted by Gasteiger charge is -2.16. The second-order valence-corrected chi connectivity index (χ2v) is 5.94. The fourth-order valence-electron chi connectivity index (χ4n) is 2.81. The molecule has 0 fully saturated rings. The first-order chi connectivity index (χ1) is 11.8. The van der Waals surface area contributed by atoms with Crippen molar-refractivity contribution in [1.29, 1.82) is 0 Å². The zero-order chi connectivity index (χ0) is 18.2. The Morgan fingerprint density at radius 2 is 2.18 bits per heavy atom. The van der Waals surface area contributed by atoms with Gasteiger partial charge in [-0.05, 0) is 17.7 Å². The molecule has 2 atom stereocenters. The number of halogens is 2. The summed E-state index contributed by atoms with van der Waals surface area (Å²) in [6.07, 6.45) is -0.772. The van der Waals surface area contributed by atoms with E-state index in [1.54, 1.807) is 6.07 Å². The third kappa shape index (κ3) is 2.50. The fraction of sp³-hybridized carbons (Fsp3) is 0.235. The van der Waals surface area contributed by atoms with Crippen LogP contribution in [0.3, 0.4) is 0 Å². The molecule has 3 nitrogen and oxygen atoms in total. The van der Waals surface area contributed by atoms with Crippen molar-refractivity contribution < 1.29 is 18.0 Å². The molecule has 0 unspecified atom stereocenters. The number of nitrogens with one attached hydrogen (secondary N) is 1. The van der Waals surface area contributed by atoms with Crippen LogP contribution in [0.25, 0.3) is 0 Å². The fourth-order valence-corrected chi connectivity index (χ4v) is 3.28. The van der Waals surface area contributed by atoms with E-state index in [2.05, 4.69) is 15.9 Å². The maximum Gasteiger partial charge on any atom is 0.254 e. The lowest BCUT2D eigenvalue weighted by atomic mass is 9.88. The number of ether oxygens (including phenoxy) is 1. The average molecular weight is 367 g/mol. The summed E-state index contributed by atoms with van der Waals surface area (Å²) in [5.74, 6) is -0.941. The summed E-state index contributed by atoms with van der Waals surface area (Å²) in [6.45, 7) is -3.35. The van der Waals surface area contributed by atoms with Crippen LogP contribution >= 0.6 is 15.9 Å². The van der Waals surface area contributed by atoms with Crippen LogP contribution in [0, 0.1) is 0 Å². The van der Waals surface area contributed by atoms with Crippen LogP contribution in [-0.4, -0.2) is 25.7 Å². The molecule has 2 aromatic carbocycles. The number of carbonyl (C=O) groups excluding carboxylic acids is 1. The molecule has 0 spiro atoms. The zero-order valence-corrected chi connectivity index (χ0v) is 13.1. The third-order valence-corrected chi connectivity index (χ3v) is 4.19. The molecule has 1 aliphatic heterocycles. The van der Waals surface area contributed by atoms with Crippen molar-refractivity contribution in [2.75, 3.05) is 13.7 Å². The number of carbonyl (C=O) groups is 1. The number of alkyl halides is 1. The molecule has 3 rings (SSSR count). The van der Waals surface area contributed by atoms with Gasteiger partial charge in [-0.25, -0.2) is 4.39 Å². The summed E-state index contributed by atoms with van der Waals surface area (Å²) in [7, 11) is 0. The molecule has 1 N–H and O–H groups in total. The van der Waals surface area contributed by atoms with Gasteiger partial charge in [0.25, 0.3) is 5.91 Å². The number of amides is 1. The van der Waals surface area contributed by atoms with Gasteiger partial charge in [-0.2, -0.15) is 0 Å². The van der Waals surface area contributed by atoms with Crippen molar-refractivity contribution in [2.45, 2.75) is 12.0 Å². The van der Waals surface area contributed by atoms with E-state index >= 15 is 0 Å². The number of hydrogen-bond donors (Lipinski definition) is 1. The first-order valence-electron chi connectivity index (χ1n) is 8.23. The van der Waals surface area contributed by atoms with Crippen LogP contribution in [0.1, 0.15) is 31.5 Å². The summed E-state index contributed by atoms with van der Waals surface area (Å²) < 4.78 is 41.5. The van der Waals surface area contributed by atoms with Gasteiger partial charge >= 0.3 is 0 Å². The average Bonchev–Trinajstić information content (AvgIpc) is 2.91. The van der Waals surface area contributed by atoms with Crippen molar-refractivity contribution in [3.63, 3.8) is 0 Å². The number of hydrogen-bond acceptors (Lipinski definition) is 2. The molecule has 1 amide bonds. The second kappa shape index (κ2) is 6.08. The molecule has 0 bridgehead atoms. The van der Waals surface area contributed by atoms with E-state index in [1.807, 2.05) is 35.6 Å². The SMILES string of the molecule is [2H]C([2H])([2H])NC(=O)c1cc(Br)cc2c1O[C@H](CF)[C@H]2c1ccccc1. The van der Waals surface area contributed by atoms with Gasteiger partial charge in [0.05, 0.1) is 11.5 Å². The van der Waals surface area contributed by atoms with Gasteiger partial charge in [0.2, 0.25) is 0 Å². The van der Waals surface area contributed by atoms with Crippen molar-refractivity contribution in [3.05, 3.63) is 63.6 Å². The highest BCUT2D eigenvalue weighted by atomic mass is 79.9. The highest BCUT2D eigenvalue weighted by molar-refractivity contribution is 9.10. The molecule has 1 heterocycles. The summed E-state index contributed by atoms with van der Waals surface area (Å²) in [5, 5.41) is 1.95.